The molecule has 1 fully saturated rings. The van der Waals surface area contributed by atoms with Gasteiger partial charge >= 0.3 is 12.1 Å². The van der Waals surface area contributed by atoms with Gasteiger partial charge in [-0.15, -0.1) is 0 Å². The molecule has 1 atom stereocenters. The molecule has 1 saturated heterocycles. The molecule has 1 aliphatic rings. The second-order valence-corrected chi connectivity index (χ2v) is 7.01. The first-order chi connectivity index (χ1) is 14.8. The van der Waals surface area contributed by atoms with E-state index in [1.807, 2.05) is 0 Å². The Hall–Kier alpha value is -3.30. The smallest absolute Gasteiger partial charge is 0.419 e. The van der Waals surface area contributed by atoms with E-state index >= 15 is 0 Å². The number of piperidine rings is 1. The summed E-state index contributed by atoms with van der Waals surface area (Å²) in [5.41, 5.74) is -0.412. The Morgan fingerprint density at radius 3 is 2.74 bits per heavy atom. The molecule has 0 aliphatic carbocycles. The maximum absolute atomic E-state index is 13.3. The highest BCUT2D eigenvalue weighted by Crippen LogP contribution is 2.36. The number of esters is 1. The number of carbonyl (C=O) groups is 2. The Labute approximate surface area is 177 Å². The fourth-order valence-corrected chi connectivity index (χ4v) is 3.42. The lowest BCUT2D eigenvalue weighted by Crippen LogP contribution is -2.41. The highest BCUT2D eigenvalue weighted by molar-refractivity contribution is 5.94. The van der Waals surface area contributed by atoms with Crippen LogP contribution in [-0.4, -0.2) is 43.7 Å². The summed E-state index contributed by atoms with van der Waals surface area (Å²) in [6.45, 7) is -0.129. The van der Waals surface area contributed by atoms with Gasteiger partial charge < -0.3 is 19.7 Å². The van der Waals surface area contributed by atoms with Crippen LogP contribution in [0.5, 0.6) is 5.75 Å². The van der Waals surface area contributed by atoms with Crippen LogP contribution in [0.15, 0.2) is 42.6 Å². The van der Waals surface area contributed by atoms with Gasteiger partial charge in [0.25, 0.3) is 5.91 Å². The Balaban J connectivity index is 1.59. The van der Waals surface area contributed by atoms with E-state index in [1.54, 1.807) is 24.3 Å². The Kier molecular flexibility index (Phi) is 6.98. The Morgan fingerprint density at radius 2 is 2.00 bits per heavy atom. The number of nitrogens with zero attached hydrogens (tertiary/aromatic N) is 2. The number of nitrogens with one attached hydrogen (secondary N) is 1. The van der Waals surface area contributed by atoms with Crippen LogP contribution in [0.1, 0.15) is 18.4 Å². The molecule has 1 amide bonds. The number of amides is 1. The molecule has 1 aliphatic heterocycles. The molecule has 166 valence electrons. The lowest BCUT2D eigenvalue weighted by atomic mass is 9.98. The number of hydrogen-bond acceptors (Lipinski definition) is 6. The van der Waals surface area contributed by atoms with Gasteiger partial charge in [0, 0.05) is 19.3 Å². The molecule has 0 bridgehead atoms. The molecule has 7 nitrogen and oxygen atoms in total. The lowest BCUT2D eigenvalue weighted by molar-refractivity contribution is -0.151. The zero-order valence-electron chi connectivity index (χ0n) is 16.8. The quantitative estimate of drug-likeness (QED) is 0.697. The summed E-state index contributed by atoms with van der Waals surface area (Å²) in [6.07, 6.45) is -2.30. The number of hydrogen-bond donors (Lipinski definition) is 1. The van der Waals surface area contributed by atoms with Crippen molar-refractivity contribution in [1.82, 2.24) is 4.98 Å². The summed E-state index contributed by atoms with van der Waals surface area (Å²) in [5, 5.41) is 2.59. The van der Waals surface area contributed by atoms with Gasteiger partial charge in [-0.05, 0) is 37.1 Å². The number of methoxy groups -OCH3 is 1. The number of anilines is 2. The van der Waals surface area contributed by atoms with Crippen LogP contribution in [0.3, 0.4) is 0 Å². The molecule has 31 heavy (non-hydrogen) atoms. The first-order valence-electron chi connectivity index (χ1n) is 9.66. The minimum absolute atomic E-state index is 0.0348. The van der Waals surface area contributed by atoms with Crippen molar-refractivity contribution in [2.24, 2.45) is 5.92 Å². The number of benzene rings is 1. The molecule has 10 heteroatoms. The third-order valence-electron chi connectivity index (χ3n) is 4.87. The first-order valence-corrected chi connectivity index (χ1v) is 9.66. The number of rotatable bonds is 6. The molecule has 1 aromatic carbocycles. The summed E-state index contributed by atoms with van der Waals surface area (Å²) in [7, 11) is 1.46. The van der Waals surface area contributed by atoms with Crippen molar-refractivity contribution in [3.8, 4) is 5.75 Å². The number of aromatic nitrogens is 1. The highest BCUT2D eigenvalue weighted by Gasteiger charge is 2.37. The number of carbonyl (C=O) groups excluding carboxylic acids is 2. The van der Waals surface area contributed by atoms with Crippen molar-refractivity contribution in [3.05, 3.63) is 48.2 Å². The fourth-order valence-electron chi connectivity index (χ4n) is 3.42. The standard InChI is InChI=1S/C21H22F3N3O4/c1-30-17-9-3-2-8-16(17)26-18(28)13-31-20(29)14-6-5-11-27(12-14)19-15(21(22,23)24)7-4-10-25-19/h2-4,7-10,14H,5-6,11-13H2,1H3,(H,26,28)/t14-/m1/s1. The molecule has 0 unspecified atom stereocenters. The van der Waals surface area contributed by atoms with E-state index in [4.69, 9.17) is 9.47 Å². The maximum atomic E-state index is 13.3. The molecule has 1 N–H and O–H groups in total. The summed E-state index contributed by atoms with van der Waals surface area (Å²) in [5.74, 6) is -1.59. The maximum Gasteiger partial charge on any atom is 0.419 e. The predicted molar refractivity (Wildman–Crippen MR) is 107 cm³/mol. The van der Waals surface area contributed by atoms with E-state index in [-0.39, 0.29) is 12.4 Å². The normalized spacial score (nSPS) is 16.5. The van der Waals surface area contributed by atoms with Crippen molar-refractivity contribution in [2.75, 3.05) is 37.0 Å². The average Bonchev–Trinajstić information content (AvgIpc) is 2.77. The average molecular weight is 437 g/mol. The number of para-hydroxylation sites is 2. The van der Waals surface area contributed by atoms with Crippen molar-refractivity contribution in [1.29, 1.82) is 0 Å². The van der Waals surface area contributed by atoms with Gasteiger partial charge in [0.15, 0.2) is 6.61 Å². The minimum atomic E-state index is -4.55. The minimum Gasteiger partial charge on any atom is -0.495 e. The molecule has 3 rings (SSSR count). The van der Waals surface area contributed by atoms with Crippen LogP contribution >= 0.6 is 0 Å². The fraction of sp³-hybridized carbons (Fsp3) is 0.381. The second kappa shape index (κ2) is 9.67. The zero-order valence-corrected chi connectivity index (χ0v) is 16.8. The Morgan fingerprint density at radius 1 is 1.23 bits per heavy atom. The van der Waals surface area contributed by atoms with E-state index in [2.05, 4.69) is 10.3 Å². The predicted octanol–water partition coefficient (Wildman–Crippen LogP) is 3.51. The Bertz CT molecular complexity index is 936. The van der Waals surface area contributed by atoms with Crippen molar-refractivity contribution in [2.45, 2.75) is 19.0 Å². The molecule has 2 aromatic rings. The lowest BCUT2D eigenvalue weighted by Gasteiger charge is -2.33. The third kappa shape index (κ3) is 5.65. The van der Waals surface area contributed by atoms with Gasteiger partial charge in [-0.3, -0.25) is 9.59 Å². The van der Waals surface area contributed by atoms with E-state index < -0.39 is 36.1 Å². The number of pyridine rings is 1. The van der Waals surface area contributed by atoms with Gasteiger partial charge in [0.2, 0.25) is 0 Å². The van der Waals surface area contributed by atoms with Gasteiger partial charge in [-0.1, -0.05) is 12.1 Å². The van der Waals surface area contributed by atoms with Crippen molar-refractivity contribution < 1.29 is 32.2 Å². The van der Waals surface area contributed by atoms with Gasteiger partial charge in [-0.2, -0.15) is 13.2 Å². The topological polar surface area (TPSA) is 80.8 Å². The van der Waals surface area contributed by atoms with Gasteiger partial charge in [0.05, 0.1) is 24.3 Å². The molecule has 0 radical (unpaired) electrons. The summed E-state index contributed by atoms with van der Waals surface area (Å²) < 4.78 is 50.1. The molecular weight excluding hydrogens is 415 g/mol. The first kappa shape index (κ1) is 22.4. The molecule has 0 saturated carbocycles. The van der Waals surface area contributed by atoms with Crippen LogP contribution in [0.4, 0.5) is 24.7 Å². The van der Waals surface area contributed by atoms with Crippen LogP contribution in [0.25, 0.3) is 0 Å². The van der Waals surface area contributed by atoms with E-state index in [9.17, 15) is 22.8 Å². The van der Waals surface area contributed by atoms with Crippen LogP contribution in [0, 0.1) is 5.92 Å². The summed E-state index contributed by atoms with van der Waals surface area (Å²) >= 11 is 0. The largest absolute Gasteiger partial charge is 0.495 e. The molecule has 1 aromatic heterocycles. The number of halogens is 3. The summed E-state index contributed by atoms with van der Waals surface area (Å²) in [6, 6.07) is 8.96. The van der Waals surface area contributed by atoms with Crippen LogP contribution < -0.4 is 15.0 Å². The zero-order chi connectivity index (χ0) is 22.4. The monoisotopic (exact) mass is 437 g/mol. The van der Waals surface area contributed by atoms with Crippen molar-refractivity contribution in [3.63, 3.8) is 0 Å². The number of ether oxygens (including phenoxy) is 2. The van der Waals surface area contributed by atoms with E-state index in [0.717, 1.165) is 6.07 Å². The van der Waals surface area contributed by atoms with Gasteiger partial charge in [0.1, 0.15) is 11.6 Å². The van der Waals surface area contributed by atoms with Gasteiger partial charge in [-0.25, -0.2) is 4.98 Å². The number of alkyl halides is 3. The van der Waals surface area contributed by atoms with E-state index in [1.165, 1.54) is 24.3 Å². The third-order valence-corrected chi connectivity index (χ3v) is 4.87. The molecule has 0 spiro atoms. The van der Waals surface area contributed by atoms with Crippen LogP contribution in [0.2, 0.25) is 0 Å². The molecular formula is C21H22F3N3O4. The summed E-state index contributed by atoms with van der Waals surface area (Å²) in [4.78, 5) is 29.9. The highest BCUT2D eigenvalue weighted by atomic mass is 19.4. The second-order valence-electron chi connectivity index (χ2n) is 7.01. The molecule has 2 heterocycles. The SMILES string of the molecule is COc1ccccc1NC(=O)COC(=O)[C@@H]1CCCN(c2ncccc2C(F)(F)F)C1. The van der Waals surface area contributed by atoms with Crippen LogP contribution in [-0.2, 0) is 20.5 Å². The van der Waals surface area contributed by atoms with Crippen molar-refractivity contribution >= 4 is 23.4 Å². The van der Waals surface area contributed by atoms with E-state index in [0.29, 0.717) is 30.8 Å².